The largest absolute Gasteiger partial charge is 0.317 e. The van der Waals surface area contributed by atoms with Crippen LogP contribution in [0.1, 0.15) is 5.82 Å². The quantitative estimate of drug-likeness (QED) is 0.809. The van der Waals surface area contributed by atoms with Crippen LogP contribution < -0.4 is 5.01 Å². The van der Waals surface area contributed by atoms with E-state index in [1.807, 2.05) is 29.8 Å². The molecule has 2 rings (SSSR count). The molecule has 0 spiro atoms. The fourth-order valence-corrected chi connectivity index (χ4v) is 2.29. The first-order valence-corrected chi connectivity index (χ1v) is 6.43. The lowest BCUT2D eigenvalue weighted by Crippen LogP contribution is -2.26. The average molecular weight is 293 g/mol. The topological polar surface area (TPSA) is 21.1 Å². The second kappa shape index (κ2) is 4.92. The predicted molar refractivity (Wildman–Crippen MR) is 74.2 cm³/mol. The van der Waals surface area contributed by atoms with Crippen LogP contribution in [0.25, 0.3) is 11.0 Å². The summed E-state index contributed by atoms with van der Waals surface area (Å²) >= 11 is 17.8. The molecular formula is C11H12Cl3N3. The zero-order valence-corrected chi connectivity index (χ0v) is 11.8. The first-order valence-electron chi connectivity index (χ1n) is 5.14. The van der Waals surface area contributed by atoms with Crippen LogP contribution in [0.4, 0.5) is 0 Å². The molecule has 0 unspecified atom stereocenters. The number of benzene rings is 1. The number of rotatable bonds is 3. The summed E-state index contributed by atoms with van der Waals surface area (Å²) in [6.07, 6.45) is 0.698. The molecule has 2 aromatic rings. The zero-order chi connectivity index (χ0) is 12.6. The van der Waals surface area contributed by atoms with Crippen molar-refractivity contribution in [1.29, 1.82) is 0 Å². The van der Waals surface area contributed by atoms with E-state index in [2.05, 4.69) is 4.98 Å². The van der Waals surface area contributed by atoms with E-state index in [0.717, 1.165) is 16.9 Å². The molecule has 17 heavy (non-hydrogen) atoms. The summed E-state index contributed by atoms with van der Waals surface area (Å²) in [5.41, 5.74) is 1.76. The lowest BCUT2D eigenvalue weighted by molar-refractivity contribution is 0.703. The number of halogens is 3. The highest BCUT2D eigenvalue weighted by atomic mass is 35.5. The van der Waals surface area contributed by atoms with Gasteiger partial charge in [0.05, 0.1) is 21.1 Å². The molecule has 0 radical (unpaired) electrons. The van der Waals surface area contributed by atoms with Crippen LogP contribution in [0.2, 0.25) is 10.0 Å². The highest BCUT2D eigenvalue weighted by Gasteiger charge is 2.13. The van der Waals surface area contributed by atoms with Gasteiger partial charge in [-0.15, -0.1) is 11.6 Å². The molecule has 0 N–H and O–H groups in total. The SMILES string of the molecule is CN(C)n1c(CCCl)nc2cc(Cl)c(Cl)cc21. The van der Waals surface area contributed by atoms with Crippen molar-refractivity contribution in [2.24, 2.45) is 0 Å². The minimum atomic E-state index is 0.514. The zero-order valence-electron chi connectivity index (χ0n) is 9.54. The summed E-state index contributed by atoms with van der Waals surface area (Å²) in [5, 5.41) is 2.99. The maximum atomic E-state index is 6.03. The van der Waals surface area contributed by atoms with Crippen LogP contribution in [-0.4, -0.2) is 29.6 Å². The summed E-state index contributed by atoms with van der Waals surface area (Å²) < 4.78 is 1.99. The van der Waals surface area contributed by atoms with Crippen LogP contribution >= 0.6 is 34.8 Å². The lowest BCUT2D eigenvalue weighted by atomic mass is 10.3. The molecule has 0 aliphatic heterocycles. The summed E-state index contributed by atoms with van der Waals surface area (Å²) in [6, 6.07) is 3.60. The van der Waals surface area contributed by atoms with Gasteiger partial charge in [-0.25, -0.2) is 9.66 Å². The predicted octanol–water partition coefficient (Wildman–Crippen LogP) is 3.32. The minimum absolute atomic E-state index is 0.514. The van der Waals surface area contributed by atoms with Crippen LogP contribution in [-0.2, 0) is 6.42 Å². The third-order valence-electron chi connectivity index (χ3n) is 2.46. The van der Waals surface area contributed by atoms with Crippen molar-refractivity contribution in [3.05, 3.63) is 28.0 Å². The van der Waals surface area contributed by atoms with Crippen molar-refractivity contribution in [3.8, 4) is 0 Å². The van der Waals surface area contributed by atoms with Gasteiger partial charge in [0.1, 0.15) is 5.82 Å². The maximum absolute atomic E-state index is 6.03. The van der Waals surface area contributed by atoms with E-state index < -0.39 is 0 Å². The Morgan fingerprint density at radius 3 is 2.47 bits per heavy atom. The van der Waals surface area contributed by atoms with Crippen molar-refractivity contribution in [1.82, 2.24) is 9.66 Å². The van der Waals surface area contributed by atoms with E-state index in [1.165, 1.54) is 0 Å². The molecule has 92 valence electrons. The molecule has 1 aromatic heterocycles. The Morgan fingerprint density at radius 1 is 1.24 bits per heavy atom. The van der Waals surface area contributed by atoms with E-state index >= 15 is 0 Å². The van der Waals surface area contributed by atoms with Gasteiger partial charge in [0.25, 0.3) is 0 Å². The van der Waals surface area contributed by atoms with Crippen LogP contribution in [0.3, 0.4) is 0 Å². The maximum Gasteiger partial charge on any atom is 0.130 e. The normalized spacial score (nSPS) is 11.1. The number of aromatic nitrogens is 2. The third-order valence-corrected chi connectivity index (χ3v) is 3.37. The summed E-state index contributed by atoms with van der Waals surface area (Å²) in [6.45, 7) is 0. The molecule has 0 bridgehead atoms. The van der Waals surface area contributed by atoms with E-state index in [9.17, 15) is 0 Å². The number of fused-ring (bicyclic) bond motifs is 1. The highest BCUT2D eigenvalue weighted by Crippen LogP contribution is 2.28. The van der Waals surface area contributed by atoms with Gasteiger partial charge in [-0.05, 0) is 12.1 Å². The Morgan fingerprint density at radius 2 is 1.88 bits per heavy atom. The molecule has 0 saturated carbocycles. The van der Waals surface area contributed by atoms with Crippen molar-refractivity contribution in [2.45, 2.75) is 6.42 Å². The van der Waals surface area contributed by atoms with Gasteiger partial charge in [0.15, 0.2) is 0 Å². The number of hydrogen-bond donors (Lipinski definition) is 0. The first kappa shape index (κ1) is 12.8. The van der Waals surface area contributed by atoms with Crippen LogP contribution in [0.15, 0.2) is 12.1 Å². The van der Waals surface area contributed by atoms with Crippen LogP contribution in [0.5, 0.6) is 0 Å². The molecule has 0 fully saturated rings. The molecule has 0 amide bonds. The van der Waals surface area contributed by atoms with Crippen molar-refractivity contribution in [3.63, 3.8) is 0 Å². The van der Waals surface area contributed by atoms with Crippen molar-refractivity contribution >= 4 is 45.8 Å². The van der Waals surface area contributed by atoms with Gasteiger partial charge in [-0.2, -0.15) is 0 Å². The highest BCUT2D eigenvalue weighted by molar-refractivity contribution is 6.42. The van der Waals surface area contributed by atoms with E-state index in [1.54, 1.807) is 6.07 Å². The fourth-order valence-electron chi connectivity index (χ4n) is 1.80. The van der Waals surface area contributed by atoms with Gasteiger partial charge in [0, 0.05) is 26.4 Å². The second-order valence-electron chi connectivity index (χ2n) is 3.88. The Hall–Kier alpha value is -0.640. The van der Waals surface area contributed by atoms with E-state index in [0.29, 0.717) is 22.3 Å². The molecule has 1 heterocycles. The molecule has 0 saturated heterocycles. The Balaban J connectivity index is 2.71. The van der Waals surface area contributed by atoms with Gasteiger partial charge in [-0.1, -0.05) is 23.2 Å². The van der Waals surface area contributed by atoms with Crippen LogP contribution in [0, 0.1) is 0 Å². The molecular weight excluding hydrogens is 281 g/mol. The standard InChI is InChI=1S/C11H12Cl3N3/c1-16(2)17-10-6-8(14)7(13)5-9(10)15-11(17)3-4-12/h5-6H,3-4H2,1-2H3. The van der Waals surface area contributed by atoms with Crippen molar-refractivity contribution in [2.75, 3.05) is 25.0 Å². The van der Waals surface area contributed by atoms with Gasteiger partial charge < -0.3 is 5.01 Å². The van der Waals surface area contributed by atoms with Crippen molar-refractivity contribution < 1.29 is 0 Å². The number of hydrogen-bond acceptors (Lipinski definition) is 2. The molecule has 6 heteroatoms. The second-order valence-corrected chi connectivity index (χ2v) is 5.07. The molecule has 3 nitrogen and oxygen atoms in total. The number of aryl methyl sites for hydroxylation is 1. The monoisotopic (exact) mass is 291 g/mol. The molecule has 0 aliphatic rings. The molecule has 0 aliphatic carbocycles. The Labute approximate surface area is 115 Å². The lowest BCUT2D eigenvalue weighted by Gasteiger charge is -2.18. The van der Waals surface area contributed by atoms with Gasteiger partial charge in [0.2, 0.25) is 0 Å². The Kier molecular flexibility index (Phi) is 3.71. The molecule has 0 atom stereocenters. The summed E-state index contributed by atoms with van der Waals surface area (Å²) in [5.74, 6) is 1.43. The molecule has 1 aromatic carbocycles. The number of imidazole rings is 1. The average Bonchev–Trinajstić information content (AvgIpc) is 2.57. The van der Waals surface area contributed by atoms with E-state index in [-0.39, 0.29) is 0 Å². The minimum Gasteiger partial charge on any atom is -0.317 e. The smallest absolute Gasteiger partial charge is 0.130 e. The summed E-state index contributed by atoms with van der Waals surface area (Å²) in [7, 11) is 3.89. The first-order chi connectivity index (χ1) is 8.04. The third kappa shape index (κ3) is 2.32. The number of alkyl halides is 1. The van der Waals surface area contributed by atoms with E-state index in [4.69, 9.17) is 34.8 Å². The summed E-state index contributed by atoms with van der Waals surface area (Å²) in [4.78, 5) is 4.52. The van der Waals surface area contributed by atoms with Gasteiger partial charge >= 0.3 is 0 Å². The Bertz CT molecular complexity index is 548. The fraction of sp³-hybridized carbons (Fsp3) is 0.364. The van der Waals surface area contributed by atoms with Gasteiger partial charge in [-0.3, -0.25) is 0 Å². The number of nitrogens with zero attached hydrogens (tertiary/aromatic N) is 3.